The molecule has 2 aromatic carbocycles. The van der Waals surface area contributed by atoms with Gasteiger partial charge >= 0.3 is 0 Å². The maximum absolute atomic E-state index is 14.0. The van der Waals surface area contributed by atoms with Crippen molar-refractivity contribution in [3.63, 3.8) is 0 Å². The molecule has 0 spiro atoms. The molecule has 1 aliphatic rings. The topological polar surface area (TPSA) is 66.4 Å². The van der Waals surface area contributed by atoms with Crippen molar-refractivity contribution in [3.8, 4) is 11.1 Å². The normalized spacial score (nSPS) is 20.9. The second kappa shape index (κ2) is 7.42. The van der Waals surface area contributed by atoms with Gasteiger partial charge in [-0.15, -0.1) is 0 Å². The van der Waals surface area contributed by atoms with Gasteiger partial charge in [0.15, 0.2) is 0 Å². The van der Waals surface area contributed by atoms with Crippen LogP contribution in [0, 0.1) is 18.6 Å². The number of rotatable bonds is 4. The fourth-order valence-corrected chi connectivity index (χ4v) is 4.85. The number of sulfonamides is 1. The molecule has 7 heteroatoms. The molecule has 0 aromatic heterocycles. The second-order valence-electron chi connectivity index (χ2n) is 6.73. The number of hydrogen-bond donors (Lipinski definition) is 2. The van der Waals surface area contributed by atoms with E-state index in [1.54, 1.807) is 13.0 Å². The van der Waals surface area contributed by atoms with E-state index in [1.165, 1.54) is 18.2 Å². The fraction of sp³-hybridized carbons (Fsp3) is 0.368. The molecule has 0 amide bonds. The number of halogens is 2. The number of aryl methyl sites for hydroxylation is 1. The van der Waals surface area contributed by atoms with E-state index >= 15 is 0 Å². The van der Waals surface area contributed by atoms with Crippen LogP contribution in [0.5, 0.6) is 0 Å². The van der Waals surface area contributed by atoms with Crippen molar-refractivity contribution in [2.24, 2.45) is 0 Å². The molecule has 0 radical (unpaired) electrons. The number of nitrogens with one attached hydrogen (secondary N) is 1. The first-order chi connectivity index (χ1) is 12.3. The largest absolute Gasteiger partial charge is 0.393 e. The average molecular weight is 381 g/mol. The summed E-state index contributed by atoms with van der Waals surface area (Å²) in [5.41, 5.74) is 1.18. The Labute approximate surface area is 151 Å². The van der Waals surface area contributed by atoms with Crippen molar-refractivity contribution in [1.29, 1.82) is 0 Å². The Morgan fingerprint density at radius 2 is 1.73 bits per heavy atom. The van der Waals surface area contributed by atoms with Gasteiger partial charge in [0, 0.05) is 17.7 Å². The van der Waals surface area contributed by atoms with Gasteiger partial charge in [0.05, 0.1) is 11.0 Å². The van der Waals surface area contributed by atoms with Crippen LogP contribution >= 0.6 is 0 Å². The summed E-state index contributed by atoms with van der Waals surface area (Å²) in [5, 5.41) is 9.53. The number of benzene rings is 2. The third kappa shape index (κ3) is 4.11. The van der Waals surface area contributed by atoms with Crippen molar-refractivity contribution >= 4 is 10.0 Å². The molecular weight excluding hydrogens is 360 g/mol. The molecule has 4 nitrogen and oxygen atoms in total. The van der Waals surface area contributed by atoms with Gasteiger partial charge in [-0.3, -0.25) is 0 Å². The zero-order valence-electron chi connectivity index (χ0n) is 14.4. The first-order valence-corrected chi connectivity index (χ1v) is 10.0. The summed E-state index contributed by atoms with van der Waals surface area (Å²) in [6.45, 7) is 1.64. The monoisotopic (exact) mass is 381 g/mol. The van der Waals surface area contributed by atoms with E-state index in [0.717, 1.165) is 12.1 Å². The first kappa shape index (κ1) is 18.9. The van der Waals surface area contributed by atoms with Gasteiger partial charge in [-0.2, -0.15) is 0 Å². The van der Waals surface area contributed by atoms with E-state index in [2.05, 4.69) is 4.72 Å². The summed E-state index contributed by atoms with van der Waals surface area (Å²) < 4.78 is 55.0. The molecule has 1 aliphatic carbocycles. The van der Waals surface area contributed by atoms with Gasteiger partial charge in [0.25, 0.3) is 0 Å². The highest BCUT2D eigenvalue weighted by molar-refractivity contribution is 7.89. The Bertz CT molecular complexity index is 907. The first-order valence-electron chi connectivity index (χ1n) is 8.53. The third-order valence-corrected chi connectivity index (χ3v) is 6.41. The van der Waals surface area contributed by atoms with E-state index < -0.39 is 21.7 Å². The van der Waals surface area contributed by atoms with Crippen LogP contribution in [-0.2, 0) is 10.0 Å². The minimum atomic E-state index is -3.71. The zero-order valence-corrected chi connectivity index (χ0v) is 15.2. The number of aliphatic hydroxyl groups is 1. The molecule has 1 fully saturated rings. The molecule has 2 N–H and O–H groups in total. The van der Waals surface area contributed by atoms with Gasteiger partial charge < -0.3 is 5.11 Å². The molecular formula is C19H21F2NO3S. The maximum atomic E-state index is 14.0. The lowest BCUT2D eigenvalue weighted by Crippen LogP contribution is -2.38. The van der Waals surface area contributed by atoms with Crippen LogP contribution in [0.25, 0.3) is 11.1 Å². The summed E-state index contributed by atoms with van der Waals surface area (Å²) in [6, 6.07) is 7.63. The lowest BCUT2D eigenvalue weighted by atomic mass is 9.94. The molecule has 0 aliphatic heterocycles. The standard InChI is InChI=1S/C19H21F2NO3S/c1-12-10-13(17-8-3-14(20)11-18(17)21)2-9-19(12)26(24,25)22-15-4-6-16(23)7-5-15/h2-3,8-11,15-16,22-23H,4-7H2,1H3. The molecule has 0 heterocycles. The minimum absolute atomic E-state index is 0.134. The van der Waals surface area contributed by atoms with E-state index in [1.807, 2.05) is 0 Å². The van der Waals surface area contributed by atoms with Gasteiger partial charge in [0.1, 0.15) is 11.6 Å². The van der Waals surface area contributed by atoms with E-state index in [9.17, 15) is 22.3 Å². The molecule has 1 saturated carbocycles. The van der Waals surface area contributed by atoms with Crippen molar-refractivity contribution in [1.82, 2.24) is 4.72 Å². The van der Waals surface area contributed by atoms with Crippen LogP contribution in [0.4, 0.5) is 8.78 Å². The summed E-state index contributed by atoms with van der Waals surface area (Å²) in [7, 11) is -3.71. The molecule has 26 heavy (non-hydrogen) atoms. The van der Waals surface area contributed by atoms with Crippen molar-refractivity contribution in [3.05, 3.63) is 53.6 Å². The van der Waals surface area contributed by atoms with Crippen molar-refractivity contribution < 1.29 is 22.3 Å². The lowest BCUT2D eigenvalue weighted by molar-refractivity contribution is 0.120. The SMILES string of the molecule is Cc1cc(-c2ccc(F)cc2F)ccc1S(=O)(=O)NC1CCC(O)CC1. The van der Waals surface area contributed by atoms with Crippen LogP contribution in [-0.4, -0.2) is 25.7 Å². The number of hydrogen-bond acceptors (Lipinski definition) is 3. The molecule has 0 unspecified atom stereocenters. The van der Waals surface area contributed by atoms with Crippen LogP contribution in [0.15, 0.2) is 41.3 Å². The van der Waals surface area contributed by atoms with Crippen LogP contribution in [0.3, 0.4) is 0 Å². The zero-order chi connectivity index (χ0) is 18.9. The molecule has 0 saturated heterocycles. The predicted molar refractivity (Wildman–Crippen MR) is 95.1 cm³/mol. The Morgan fingerprint density at radius 1 is 1.04 bits per heavy atom. The lowest BCUT2D eigenvalue weighted by Gasteiger charge is -2.26. The molecule has 0 bridgehead atoms. The van der Waals surface area contributed by atoms with Crippen molar-refractivity contribution in [2.75, 3.05) is 0 Å². The van der Waals surface area contributed by atoms with Gasteiger partial charge in [-0.05, 0) is 68.0 Å². The Hall–Kier alpha value is -1.83. The summed E-state index contributed by atoms with van der Waals surface area (Å²) in [4.78, 5) is 0.134. The Morgan fingerprint density at radius 3 is 2.35 bits per heavy atom. The number of aliphatic hydroxyl groups excluding tert-OH is 1. The van der Waals surface area contributed by atoms with Gasteiger partial charge in [-0.1, -0.05) is 6.07 Å². The molecule has 2 aromatic rings. The van der Waals surface area contributed by atoms with Crippen LogP contribution in [0.2, 0.25) is 0 Å². The molecule has 0 atom stereocenters. The van der Waals surface area contributed by atoms with E-state index in [-0.39, 0.29) is 22.6 Å². The highest BCUT2D eigenvalue weighted by atomic mass is 32.2. The molecule has 3 rings (SSSR count). The summed E-state index contributed by atoms with van der Waals surface area (Å²) in [6.07, 6.45) is 1.99. The van der Waals surface area contributed by atoms with E-state index in [0.29, 0.717) is 36.8 Å². The van der Waals surface area contributed by atoms with E-state index in [4.69, 9.17) is 0 Å². The van der Waals surface area contributed by atoms with Gasteiger partial charge in [0.2, 0.25) is 10.0 Å². The second-order valence-corrected chi connectivity index (χ2v) is 8.41. The van der Waals surface area contributed by atoms with Crippen LogP contribution in [0.1, 0.15) is 31.2 Å². The molecule has 140 valence electrons. The fourth-order valence-electron chi connectivity index (χ4n) is 3.32. The Kier molecular flexibility index (Phi) is 5.41. The van der Waals surface area contributed by atoms with Crippen LogP contribution < -0.4 is 4.72 Å². The quantitative estimate of drug-likeness (QED) is 0.852. The predicted octanol–water partition coefficient (Wildman–Crippen LogP) is 3.52. The summed E-state index contributed by atoms with van der Waals surface area (Å²) in [5.74, 6) is -1.36. The smallest absolute Gasteiger partial charge is 0.241 e. The Balaban J connectivity index is 1.84. The minimum Gasteiger partial charge on any atom is -0.393 e. The van der Waals surface area contributed by atoms with Crippen molar-refractivity contribution in [2.45, 2.75) is 49.6 Å². The highest BCUT2D eigenvalue weighted by Gasteiger charge is 2.26. The third-order valence-electron chi connectivity index (χ3n) is 4.73. The van der Waals surface area contributed by atoms with Gasteiger partial charge in [-0.25, -0.2) is 21.9 Å². The summed E-state index contributed by atoms with van der Waals surface area (Å²) >= 11 is 0. The average Bonchev–Trinajstić information content (AvgIpc) is 2.56. The highest BCUT2D eigenvalue weighted by Crippen LogP contribution is 2.28. The maximum Gasteiger partial charge on any atom is 0.241 e.